The van der Waals surface area contributed by atoms with E-state index in [4.69, 9.17) is 39.5 Å². The average molecular weight is 332 g/mol. The van der Waals surface area contributed by atoms with Crippen LogP contribution in [0.25, 0.3) is 0 Å². The summed E-state index contributed by atoms with van der Waals surface area (Å²) in [6, 6.07) is 10.3. The average Bonchev–Trinajstić information content (AvgIpc) is 2.44. The molecule has 0 aliphatic heterocycles. The molecule has 0 aliphatic carbocycles. The second-order valence-corrected chi connectivity index (χ2v) is 5.51. The lowest BCUT2D eigenvalue weighted by Gasteiger charge is -2.11. The quantitative estimate of drug-likeness (QED) is 0.709. The van der Waals surface area contributed by atoms with Gasteiger partial charge in [0.1, 0.15) is 11.5 Å². The molecular formula is C15H13Cl3O2. The molecule has 0 bridgehead atoms. The first-order chi connectivity index (χ1) is 9.51. The van der Waals surface area contributed by atoms with Crippen LogP contribution < -0.4 is 4.74 Å². The summed E-state index contributed by atoms with van der Waals surface area (Å²) in [5, 5.41) is 10.9. The molecule has 0 saturated heterocycles. The molecule has 2 rings (SSSR count). The van der Waals surface area contributed by atoms with Gasteiger partial charge in [-0.05, 0) is 30.2 Å². The normalized spacial score (nSPS) is 12.2. The third kappa shape index (κ3) is 3.58. The van der Waals surface area contributed by atoms with E-state index in [1.165, 1.54) is 6.07 Å². The minimum atomic E-state index is -0.461. The lowest BCUT2D eigenvalue weighted by atomic mass is 10.1. The van der Waals surface area contributed by atoms with E-state index in [9.17, 15) is 5.11 Å². The highest BCUT2D eigenvalue weighted by Crippen LogP contribution is 2.36. The molecule has 1 atom stereocenters. The zero-order chi connectivity index (χ0) is 14.7. The molecule has 0 aliphatic rings. The predicted octanol–water partition coefficient (Wildman–Crippen LogP) is 5.88. The maximum Gasteiger partial charge on any atom is 0.147 e. The fraction of sp³-hybridized carbons (Fsp3) is 0.200. The first-order valence-corrected chi connectivity index (χ1v) is 7.25. The number of hydrogen-bond acceptors (Lipinski definition) is 2. The molecule has 0 spiro atoms. The summed E-state index contributed by atoms with van der Waals surface area (Å²) in [5.41, 5.74) is 0.847. The van der Waals surface area contributed by atoms with Gasteiger partial charge in [-0.3, -0.25) is 0 Å². The van der Waals surface area contributed by atoms with Crippen molar-refractivity contribution in [2.75, 3.05) is 0 Å². The zero-order valence-corrected chi connectivity index (χ0v) is 13.0. The van der Waals surface area contributed by atoms with Crippen molar-refractivity contribution < 1.29 is 9.84 Å². The highest BCUT2D eigenvalue weighted by atomic mass is 35.5. The Morgan fingerprint density at radius 3 is 2.20 bits per heavy atom. The maximum absolute atomic E-state index is 9.73. The van der Waals surface area contributed by atoms with Gasteiger partial charge >= 0.3 is 0 Å². The minimum Gasteiger partial charge on any atom is -0.456 e. The summed E-state index contributed by atoms with van der Waals surface area (Å²) in [6.45, 7) is 1.92. The van der Waals surface area contributed by atoms with Gasteiger partial charge in [-0.15, -0.1) is 0 Å². The van der Waals surface area contributed by atoms with Gasteiger partial charge in [0, 0.05) is 6.07 Å². The molecule has 5 heteroatoms. The van der Waals surface area contributed by atoms with Crippen molar-refractivity contribution in [2.24, 2.45) is 0 Å². The molecule has 0 radical (unpaired) electrons. The first kappa shape index (κ1) is 15.5. The van der Waals surface area contributed by atoms with E-state index in [0.29, 0.717) is 33.0 Å². The van der Waals surface area contributed by atoms with Gasteiger partial charge in [0.05, 0.1) is 21.2 Å². The maximum atomic E-state index is 9.73. The minimum absolute atomic E-state index is 0.379. The monoisotopic (exact) mass is 330 g/mol. The van der Waals surface area contributed by atoms with Gasteiger partial charge in [-0.2, -0.15) is 0 Å². The highest BCUT2D eigenvalue weighted by molar-refractivity contribution is 6.43. The first-order valence-electron chi connectivity index (χ1n) is 6.11. The van der Waals surface area contributed by atoms with Crippen LogP contribution in [0.5, 0.6) is 11.5 Å². The number of aliphatic hydroxyl groups excluding tert-OH is 1. The van der Waals surface area contributed by atoms with Crippen LogP contribution in [0.3, 0.4) is 0 Å². The van der Waals surface area contributed by atoms with Gasteiger partial charge in [-0.25, -0.2) is 0 Å². The molecular weight excluding hydrogens is 319 g/mol. The van der Waals surface area contributed by atoms with E-state index < -0.39 is 6.10 Å². The molecule has 0 amide bonds. The van der Waals surface area contributed by atoms with Crippen molar-refractivity contribution >= 4 is 34.8 Å². The van der Waals surface area contributed by atoms with Gasteiger partial charge in [-0.1, -0.05) is 53.9 Å². The smallest absolute Gasteiger partial charge is 0.147 e. The molecule has 0 saturated carbocycles. The van der Waals surface area contributed by atoms with E-state index in [2.05, 4.69) is 0 Å². The number of hydrogen-bond donors (Lipinski definition) is 1. The van der Waals surface area contributed by atoms with E-state index in [-0.39, 0.29) is 0 Å². The molecule has 0 unspecified atom stereocenters. The topological polar surface area (TPSA) is 29.5 Å². The van der Waals surface area contributed by atoms with Gasteiger partial charge in [0.25, 0.3) is 0 Å². The van der Waals surface area contributed by atoms with Crippen molar-refractivity contribution in [2.45, 2.75) is 19.4 Å². The third-order valence-electron chi connectivity index (χ3n) is 2.85. The van der Waals surface area contributed by atoms with E-state index in [0.717, 1.165) is 5.56 Å². The van der Waals surface area contributed by atoms with Crippen LogP contribution in [0.1, 0.15) is 25.0 Å². The fourth-order valence-corrected chi connectivity index (χ4v) is 2.28. The molecule has 0 aromatic heterocycles. The van der Waals surface area contributed by atoms with Crippen LogP contribution in [0.4, 0.5) is 0 Å². The Hall–Kier alpha value is -0.930. The van der Waals surface area contributed by atoms with Gasteiger partial charge in [0.2, 0.25) is 0 Å². The van der Waals surface area contributed by atoms with Crippen molar-refractivity contribution in [3.63, 3.8) is 0 Å². The van der Waals surface area contributed by atoms with Crippen molar-refractivity contribution in [1.29, 1.82) is 0 Å². The molecule has 106 valence electrons. The summed E-state index contributed by atoms with van der Waals surface area (Å²) in [6.07, 6.45) is 0.205. The Morgan fingerprint density at radius 1 is 1.00 bits per heavy atom. The summed E-state index contributed by atoms with van der Waals surface area (Å²) in [5.74, 6) is 1.04. The van der Waals surface area contributed by atoms with Crippen molar-refractivity contribution in [3.8, 4) is 11.5 Å². The third-order valence-corrected chi connectivity index (χ3v) is 3.87. The van der Waals surface area contributed by atoms with E-state index in [1.54, 1.807) is 18.2 Å². The van der Waals surface area contributed by atoms with Crippen LogP contribution in [0, 0.1) is 0 Å². The van der Waals surface area contributed by atoms with E-state index >= 15 is 0 Å². The number of rotatable bonds is 4. The zero-order valence-electron chi connectivity index (χ0n) is 10.7. The number of ether oxygens (including phenoxy) is 1. The summed E-state index contributed by atoms with van der Waals surface area (Å²) >= 11 is 17.8. The molecule has 20 heavy (non-hydrogen) atoms. The number of halogens is 3. The second-order valence-electron chi connectivity index (χ2n) is 4.29. The molecule has 2 aromatic rings. The summed E-state index contributed by atoms with van der Waals surface area (Å²) in [4.78, 5) is 0. The fourth-order valence-electron chi connectivity index (χ4n) is 1.70. The second kappa shape index (κ2) is 6.68. The molecule has 1 N–H and O–H groups in total. The van der Waals surface area contributed by atoms with E-state index in [1.807, 2.05) is 19.1 Å². The summed E-state index contributed by atoms with van der Waals surface area (Å²) < 4.78 is 5.66. The Balaban J connectivity index is 2.20. The predicted molar refractivity (Wildman–Crippen MR) is 83.2 cm³/mol. The Kier molecular flexibility index (Phi) is 5.17. The SMILES string of the molecule is CC[C@H](O)c1ccc(Oc2cc(Cl)c(Cl)cc2Cl)cc1. The number of benzene rings is 2. The van der Waals surface area contributed by atoms with Gasteiger partial charge in [0.15, 0.2) is 0 Å². The highest BCUT2D eigenvalue weighted by Gasteiger charge is 2.09. The van der Waals surface area contributed by atoms with Crippen molar-refractivity contribution in [1.82, 2.24) is 0 Å². The van der Waals surface area contributed by atoms with Crippen molar-refractivity contribution in [3.05, 3.63) is 57.0 Å². The molecule has 0 heterocycles. The van der Waals surface area contributed by atoms with Crippen LogP contribution in [0.2, 0.25) is 15.1 Å². The Labute approximate surface area is 132 Å². The lowest BCUT2D eigenvalue weighted by Crippen LogP contribution is -1.94. The molecule has 2 nitrogen and oxygen atoms in total. The van der Waals surface area contributed by atoms with Crippen LogP contribution in [0.15, 0.2) is 36.4 Å². The molecule has 2 aromatic carbocycles. The molecule has 0 fully saturated rings. The number of aliphatic hydroxyl groups is 1. The van der Waals surface area contributed by atoms with Crippen LogP contribution in [-0.2, 0) is 0 Å². The lowest BCUT2D eigenvalue weighted by molar-refractivity contribution is 0.173. The largest absolute Gasteiger partial charge is 0.456 e. The summed E-state index contributed by atoms with van der Waals surface area (Å²) in [7, 11) is 0. The standard InChI is InChI=1S/C15H13Cl3O2/c1-2-14(19)9-3-5-10(6-4-9)20-15-8-12(17)11(16)7-13(15)18/h3-8,14,19H,2H2,1H3/t14-/m0/s1. The van der Waals surface area contributed by atoms with Gasteiger partial charge < -0.3 is 9.84 Å². The van der Waals surface area contributed by atoms with Crippen LogP contribution >= 0.6 is 34.8 Å². The Morgan fingerprint density at radius 2 is 1.60 bits per heavy atom. The Bertz CT molecular complexity index is 597. The van der Waals surface area contributed by atoms with Crippen LogP contribution in [-0.4, -0.2) is 5.11 Å².